The molecule has 14 aromatic rings. The van der Waals surface area contributed by atoms with Crippen LogP contribution in [0.15, 0.2) is 279 Å². The van der Waals surface area contributed by atoms with E-state index < -0.39 is 0 Å². The van der Waals surface area contributed by atoms with Crippen LogP contribution >= 0.6 is 0 Å². The van der Waals surface area contributed by atoms with E-state index in [9.17, 15) is 0 Å². The van der Waals surface area contributed by atoms with Crippen LogP contribution in [-0.2, 0) is 10.8 Å². The van der Waals surface area contributed by atoms with Crippen molar-refractivity contribution in [3.63, 3.8) is 0 Å². The smallest absolute Gasteiger partial charge is 0.252 e. The number of rotatable bonds is 10. The van der Waals surface area contributed by atoms with Gasteiger partial charge in [-0.3, -0.25) is 0 Å². The molecule has 456 valence electrons. The normalized spacial score (nSPS) is 13.3. The lowest BCUT2D eigenvalue weighted by molar-refractivity contribution is 0.590. The van der Waals surface area contributed by atoms with E-state index in [2.05, 4.69) is 367 Å². The van der Waals surface area contributed by atoms with E-state index in [1.54, 1.807) is 0 Å². The van der Waals surface area contributed by atoms with E-state index in [-0.39, 0.29) is 23.5 Å². The fourth-order valence-corrected chi connectivity index (χ4v) is 15.2. The number of fused-ring (bicyclic) bond motifs is 10. The average molecular weight is 1210 g/mol. The molecule has 0 saturated carbocycles. The minimum atomic E-state index is -0.200. The summed E-state index contributed by atoms with van der Waals surface area (Å²) < 4.78 is 5.00. The quantitative estimate of drug-likeness (QED) is 0.100. The van der Waals surface area contributed by atoms with Gasteiger partial charge in [0.1, 0.15) is 0 Å². The van der Waals surface area contributed by atoms with Gasteiger partial charge < -0.3 is 18.9 Å². The molecule has 16 rings (SSSR count). The summed E-state index contributed by atoms with van der Waals surface area (Å²) in [5, 5.41) is 4.95. The number of allylic oxidation sites excluding steroid dienone is 4. The van der Waals surface area contributed by atoms with Gasteiger partial charge in [-0.05, 0) is 171 Å². The molecule has 0 radical (unpaired) electrons. The molecule has 4 nitrogen and oxygen atoms in total. The molecule has 0 aliphatic carbocycles. The summed E-state index contributed by atoms with van der Waals surface area (Å²) >= 11 is 0. The first-order valence-electron chi connectivity index (χ1n) is 33.5. The van der Waals surface area contributed by atoms with Crippen LogP contribution in [0.1, 0.15) is 97.4 Å². The highest BCUT2D eigenvalue weighted by molar-refractivity contribution is 7.00. The van der Waals surface area contributed by atoms with Crippen LogP contribution in [-0.4, -0.2) is 15.8 Å². The number of hydrogen-bond donors (Lipinski definition) is 0. The molecule has 2 aliphatic rings. The topological polar surface area (TPSA) is 16.3 Å². The lowest BCUT2D eigenvalue weighted by Crippen LogP contribution is -2.61. The van der Waals surface area contributed by atoms with Gasteiger partial charge >= 0.3 is 0 Å². The summed E-state index contributed by atoms with van der Waals surface area (Å²) in [6.45, 7) is 23.1. The fourth-order valence-electron chi connectivity index (χ4n) is 15.2. The molecule has 0 amide bonds. The second-order valence-electron chi connectivity index (χ2n) is 28.3. The Bertz CT molecular complexity index is 5230. The first-order chi connectivity index (χ1) is 45.6. The van der Waals surface area contributed by atoms with Gasteiger partial charge in [-0.2, -0.15) is 0 Å². The molecular weight excluding hydrogens is 1140 g/mol. The molecule has 0 saturated heterocycles. The van der Waals surface area contributed by atoms with Crippen molar-refractivity contribution < 1.29 is 0 Å². The summed E-state index contributed by atoms with van der Waals surface area (Å²) in [5.74, 6) is 0.150. The van der Waals surface area contributed by atoms with Crippen molar-refractivity contribution in [2.75, 3.05) is 9.80 Å². The Morgan fingerprint density at radius 1 is 0.394 bits per heavy atom. The van der Waals surface area contributed by atoms with Gasteiger partial charge in [-0.1, -0.05) is 250 Å². The number of aromatic nitrogens is 2. The molecule has 12 aromatic carbocycles. The highest BCUT2D eigenvalue weighted by atomic mass is 15.2. The molecule has 94 heavy (non-hydrogen) atoms. The lowest BCUT2D eigenvalue weighted by atomic mass is 9.33. The Morgan fingerprint density at radius 2 is 0.755 bits per heavy atom. The number of benzene rings is 12. The highest BCUT2D eigenvalue weighted by Gasteiger charge is 2.46. The van der Waals surface area contributed by atoms with Crippen LogP contribution in [0.3, 0.4) is 0 Å². The third kappa shape index (κ3) is 9.49. The summed E-state index contributed by atoms with van der Waals surface area (Å²) in [7, 11) is 0. The SMILES string of the molecule is C/C=C\C=C(/C)c1cc(C(C)(C)C)cc(-c2ccccc2)c1N1c2cc(-n3c4ccccc4c4ccccc43)ccc2B2c3ccc(-n4c5ccccc5c5ccccc54)cc3N(c3c(-c4ccccc4)cc(C(C)(C)C)cc3-c3ccccc3)c3cc(C(C)C)cc1c32. The second-order valence-corrected chi connectivity index (χ2v) is 28.3. The van der Waals surface area contributed by atoms with E-state index in [0.29, 0.717) is 0 Å². The highest BCUT2D eigenvalue weighted by Crippen LogP contribution is 2.55. The van der Waals surface area contributed by atoms with Crippen molar-refractivity contribution >= 4 is 106 Å². The van der Waals surface area contributed by atoms with Crippen molar-refractivity contribution in [1.82, 2.24) is 9.13 Å². The van der Waals surface area contributed by atoms with Gasteiger partial charge in [0.25, 0.3) is 6.71 Å². The number of para-hydroxylation sites is 4. The van der Waals surface area contributed by atoms with Crippen molar-refractivity contribution in [1.29, 1.82) is 0 Å². The van der Waals surface area contributed by atoms with Crippen LogP contribution in [0.5, 0.6) is 0 Å². The van der Waals surface area contributed by atoms with Gasteiger partial charge in [-0.15, -0.1) is 0 Å². The van der Waals surface area contributed by atoms with Crippen LogP contribution in [0, 0.1) is 0 Å². The van der Waals surface area contributed by atoms with Gasteiger partial charge in [0, 0.05) is 77.9 Å². The maximum absolute atomic E-state index is 2.72. The van der Waals surface area contributed by atoms with E-state index in [1.807, 2.05) is 0 Å². The molecule has 0 spiro atoms. The largest absolute Gasteiger partial charge is 0.310 e. The molecule has 2 aliphatic heterocycles. The minimum Gasteiger partial charge on any atom is -0.310 e. The average Bonchev–Trinajstić information content (AvgIpc) is 0.832. The fraction of sp³-hybridized carbons (Fsp3) is 0.146. The molecule has 0 fully saturated rings. The predicted molar refractivity (Wildman–Crippen MR) is 405 cm³/mol. The molecule has 0 atom stereocenters. The van der Waals surface area contributed by atoms with Crippen LogP contribution in [0.2, 0.25) is 0 Å². The summed E-state index contributed by atoms with van der Waals surface area (Å²) in [5.41, 5.74) is 30.6. The summed E-state index contributed by atoms with van der Waals surface area (Å²) in [6, 6.07) is 99.3. The number of hydrogen-bond acceptors (Lipinski definition) is 2. The molecule has 0 unspecified atom stereocenters. The Balaban J connectivity index is 1.10. The van der Waals surface area contributed by atoms with Crippen LogP contribution in [0.25, 0.3) is 93.9 Å². The van der Waals surface area contributed by atoms with Crippen LogP contribution < -0.4 is 26.2 Å². The van der Waals surface area contributed by atoms with E-state index in [4.69, 9.17) is 0 Å². The Labute approximate surface area is 554 Å². The lowest BCUT2D eigenvalue weighted by Gasteiger charge is -2.46. The van der Waals surface area contributed by atoms with Gasteiger partial charge in [0.2, 0.25) is 0 Å². The third-order valence-electron chi connectivity index (χ3n) is 20.0. The van der Waals surface area contributed by atoms with Crippen molar-refractivity contribution in [2.45, 2.75) is 86.0 Å². The maximum atomic E-state index is 2.72. The molecule has 0 bridgehead atoms. The first kappa shape index (κ1) is 58.5. The van der Waals surface area contributed by atoms with E-state index in [0.717, 1.165) is 34.1 Å². The third-order valence-corrected chi connectivity index (χ3v) is 20.0. The standard InChI is InChI=1S/C89H77BN4/c1-11-12-30-58(4)71-51-63(88(5,6)7)52-72(59-31-16-13-17-32-59)86(71)93-81-55-65(91-77-41-26-22-37-67(77)68-38-23-27-42-78(68)91)45-47-75(81)90-76-48-46-66(92-79-43-28-24-39-69(79)70-40-25-29-44-80(70)92)56-82(76)94(84-50-62(57(2)3)49-83(93)85(84)90)87-73(60-33-18-14-19-34-60)53-64(89(8,9)10)54-74(87)61-35-20-15-21-36-61/h11-57H,1-10H3/b12-11-,58-30+. The molecule has 4 heterocycles. The van der Waals surface area contributed by atoms with E-state index >= 15 is 0 Å². The second kappa shape index (κ2) is 22.6. The van der Waals surface area contributed by atoms with Crippen molar-refractivity contribution in [2.24, 2.45) is 0 Å². The zero-order chi connectivity index (χ0) is 64.3. The Morgan fingerprint density at radius 3 is 1.14 bits per heavy atom. The number of anilines is 6. The maximum Gasteiger partial charge on any atom is 0.252 e. The monoisotopic (exact) mass is 1210 g/mol. The first-order valence-corrected chi connectivity index (χ1v) is 33.5. The zero-order valence-electron chi connectivity index (χ0n) is 55.5. The van der Waals surface area contributed by atoms with Gasteiger partial charge in [-0.25, -0.2) is 0 Å². The minimum absolute atomic E-state index is 0.150. The number of nitrogens with zero attached hydrogens (tertiary/aromatic N) is 4. The Kier molecular flexibility index (Phi) is 14.1. The predicted octanol–water partition coefficient (Wildman–Crippen LogP) is 22.7. The van der Waals surface area contributed by atoms with Crippen molar-refractivity contribution in [3.05, 3.63) is 301 Å². The zero-order valence-corrected chi connectivity index (χ0v) is 55.5. The van der Waals surface area contributed by atoms with Gasteiger partial charge in [0.15, 0.2) is 0 Å². The molecule has 0 N–H and O–H groups in total. The molecule has 5 heteroatoms. The van der Waals surface area contributed by atoms with Crippen molar-refractivity contribution in [3.8, 4) is 44.8 Å². The Hall–Kier alpha value is -10.6. The van der Waals surface area contributed by atoms with E-state index in [1.165, 1.54) is 133 Å². The van der Waals surface area contributed by atoms with Gasteiger partial charge in [0.05, 0.1) is 33.4 Å². The molecule has 2 aromatic heterocycles. The van der Waals surface area contributed by atoms with Crippen LogP contribution in [0.4, 0.5) is 34.1 Å². The summed E-state index contributed by atoms with van der Waals surface area (Å²) in [4.78, 5) is 5.44. The summed E-state index contributed by atoms with van der Waals surface area (Å²) in [6.07, 6.45) is 6.66. The molecular formula is C89H77BN4.